The average molecular weight is 286 g/mol. The van der Waals surface area contributed by atoms with E-state index in [0.29, 0.717) is 13.0 Å². The highest BCUT2D eigenvalue weighted by Crippen LogP contribution is 2.27. The standard InChI is InChI=1S/C12H18N2O4S/c15-12(16)5-4-10-3-1-2-8-14(10)19(17,18)11-6-7-13-9-11/h6-7,9-10,13H,1-5,8H2,(H,15,16). The number of piperidine rings is 1. The quantitative estimate of drug-likeness (QED) is 0.856. The molecule has 19 heavy (non-hydrogen) atoms. The fourth-order valence-corrected chi connectivity index (χ4v) is 4.17. The van der Waals surface area contributed by atoms with Crippen molar-refractivity contribution in [1.29, 1.82) is 0 Å². The second-order valence-electron chi connectivity index (χ2n) is 4.74. The van der Waals surface area contributed by atoms with Crippen LogP contribution < -0.4 is 0 Å². The van der Waals surface area contributed by atoms with Crippen molar-refractivity contribution in [3.05, 3.63) is 18.5 Å². The molecule has 2 N–H and O–H groups in total. The summed E-state index contributed by atoms with van der Waals surface area (Å²) in [5, 5.41) is 8.74. The molecule has 1 aliphatic heterocycles. The molecule has 1 fully saturated rings. The molecule has 2 rings (SSSR count). The molecule has 0 radical (unpaired) electrons. The molecule has 1 atom stereocenters. The van der Waals surface area contributed by atoms with Crippen LogP contribution in [0.1, 0.15) is 32.1 Å². The predicted octanol–water partition coefficient (Wildman–Crippen LogP) is 1.42. The SMILES string of the molecule is O=C(O)CCC1CCCCN1S(=O)(=O)c1cc[nH]c1. The van der Waals surface area contributed by atoms with E-state index in [4.69, 9.17) is 5.11 Å². The zero-order valence-electron chi connectivity index (χ0n) is 10.6. The molecular formula is C12H18N2O4S. The summed E-state index contributed by atoms with van der Waals surface area (Å²) in [4.78, 5) is 13.6. The second-order valence-corrected chi connectivity index (χ2v) is 6.64. The largest absolute Gasteiger partial charge is 0.481 e. The smallest absolute Gasteiger partial charge is 0.303 e. The Bertz CT molecular complexity index is 524. The van der Waals surface area contributed by atoms with Crippen molar-refractivity contribution in [3.63, 3.8) is 0 Å². The molecule has 1 unspecified atom stereocenters. The van der Waals surface area contributed by atoms with E-state index in [-0.39, 0.29) is 17.4 Å². The summed E-state index contributed by atoms with van der Waals surface area (Å²) >= 11 is 0. The van der Waals surface area contributed by atoms with Gasteiger partial charge in [-0.1, -0.05) is 6.42 Å². The van der Waals surface area contributed by atoms with E-state index in [2.05, 4.69) is 4.98 Å². The number of aromatic amines is 1. The van der Waals surface area contributed by atoms with Crippen LogP contribution in [0.15, 0.2) is 23.4 Å². The number of H-pyrrole nitrogens is 1. The molecule has 0 amide bonds. The summed E-state index contributed by atoms with van der Waals surface area (Å²) in [7, 11) is -3.51. The number of nitrogens with one attached hydrogen (secondary N) is 1. The predicted molar refractivity (Wildman–Crippen MR) is 69.2 cm³/mol. The van der Waals surface area contributed by atoms with E-state index in [0.717, 1.165) is 19.3 Å². The van der Waals surface area contributed by atoms with Gasteiger partial charge in [-0.25, -0.2) is 8.42 Å². The van der Waals surface area contributed by atoms with E-state index >= 15 is 0 Å². The van der Waals surface area contributed by atoms with Crippen molar-refractivity contribution in [1.82, 2.24) is 9.29 Å². The zero-order chi connectivity index (χ0) is 13.9. The van der Waals surface area contributed by atoms with Gasteiger partial charge in [-0.05, 0) is 25.3 Å². The Morgan fingerprint density at radius 1 is 1.47 bits per heavy atom. The molecule has 0 spiro atoms. The van der Waals surface area contributed by atoms with Crippen LogP contribution in [-0.4, -0.2) is 41.4 Å². The Hall–Kier alpha value is -1.34. The molecular weight excluding hydrogens is 268 g/mol. The van der Waals surface area contributed by atoms with Gasteiger partial charge in [0.25, 0.3) is 0 Å². The number of carbonyl (C=O) groups is 1. The fourth-order valence-electron chi connectivity index (χ4n) is 2.47. The molecule has 1 aliphatic rings. The molecule has 7 heteroatoms. The lowest BCUT2D eigenvalue weighted by Gasteiger charge is -2.34. The minimum Gasteiger partial charge on any atom is -0.481 e. The summed E-state index contributed by atoms with van der Waals surface area (Å²) < 4.78 is 26.4. The maximum Gasteiger partial charge on any atom is 0.303 e. The summed E-state index contributed by atoms with van der Waals surface area (Å²) in [6, 6.07) is 1.32. The average Bonchev–Trinajstić information content (AvgIpc) is 2.91. The van der Waals surface area contributed by atoms with Crippen LogP contribution in [-0.2, 0) is 14.8 Å². The minimum atomic E-state index is -3.51. The number of nitrogens with zero attached hydrogens (tertiary/aromatic N) is 1. The Kier molecular flexibility index (Phi) is 4.26. The van der Waals surface area contributed by atoms with E-state index in [9.17, 15) is 13.2 Å². The van der Waals surface area contributed by atoms with Gasteiger partial charge in [0.15, 0.2) is 0 Å². The molecule has 0 aliphatic carbocycles. The van der Waals surface area contributed by atoms with Crippen LogP contribution in [0.25, 0.3) is 0 Å². The number of hydrogen-bond acceptors (Lipinski definition) is 3. The first-order valence-corrected chi connectivity index (χ1v) is 7.82. The second kappa shape index (κ2) is 5.75. The third-order valence-corrected chi connectivity index (χ3v) is 5.39. The van der Waals surface area contributed by atoms with Gasteiger partial charge in [0, 0.05) is 31.4 Å². The number of aromatic nitrogens is 1. The van der Waals surface area contributed by atoms with Gasteiger partial charge in [0.2, 0.25) is 10.0 Å². The van der Waals surface area contributed by atoms with Crippen molar-refractivity contribution in [2.24, 2.45) is 0 Å². The summed E-state index contributed by atoms with van der Waals surface area (Å²) in [5.41, 5.74) is 0. The molecule has 0 aromatic carbocycles. The molecule has 2 heterocycles. The Balaban J connectivity index is 2.17. The maximum atomic E-state index is 12.5. The first-order chi connectivity index (χ1) is 9.01. The highest BCUT2D eigenvalue weighted by molar-refractivity contribution is 7.89. The van der Waals surface area contributed by atoms with Gasteiger partial charge >= 0.3 is 5.97 Å². The van der Waals surface area contributed by atoms with E-state index in [1.165, 1.54) is 16.6 Å². The molecule has 6 nitrogen and oxygen atoms in total. The van der Waals surface area contributed by atoms with Gasteiger partial charge in [-0.15, -0.1) is 0 Å². The van der Waals surface area contributed by atoms with Crippen LogP contribution in [0.3, 0.4) is 0 Å². The summed E-state index contributed by atoms with van der Waals surface area (Å²) in [6.07, 6.45) is 5.91. The number of hydrogen-bond donors (Lipinski definition) is 2. The number of carboxylic acid groups (broad SMARTS) is 1. The lowest BCUT2D eigenvalue weighted by atomic mass is 10.0. The van der Waals surface area contributed by atoms with Crippen molar-refractivity contribution >= 4 is 16.0 Å². The third-order valence-electron chi connectivity index (χ3n) is 3.44. The monoisotopic (exact) mass is 286 g/mol. The van der Waals surface area contributed by atoms with Gasteiger partial charge in [0.1, 0.15) is 0 Å². The van der Waals surface area contributed by atoms with Gasteiger partial charge in [0.05, 0.1) is 4.90 Å². The minimum absolute atomic E-state index is 0.00379. The van der Waals surface area contributed by atoms with Gasteiger partial charge in [-0.2, -0.15) is 4.31 Å². The number of sulfonamides is 1. The van der Waals surface area contributed by atoms with Crippen molar-refractivity contribution < 1.29 is 18.3 Å². The third kappa shape index (κ3) is 3.16. The van der Waals surface area contributed by atoms with E-state index in [1.54, 1.807) is 6.20 Å². The molecule has 0 bridgehead atoms. The Morgan fingerprint density at radius 2 is 2.26 bits per heavy atom. The molecule has 1 aromatic rings. The highest BCUT2D eigenvalue weighted by Gasteiger charge is 2.33. The first-order valence-electron chi connectivity index (χ1n) is 6.38. The van der Waals surface area contributed by atoms with Crippen LogP contribution in [0.2, 0.25) is 0 Å². The van der Waals surface area contributed by atoms with Crippen LogP contribution in [0.5, 0.6) is 0 Å². The normalized spacial score (nSPS) is 21.4. The number of rotatable bonds is 5. The Morgan fingerprint density at radius 3 is 2.89 bits per heavy atom. The summed E-state index contributed by atoms with van der Waals surface area (Å²) in [6.45, 7) is 0.470. The van der Waals surface area contributed by atoms with Gasteiger partial charge < -0.3 is 10.1 Å². The first kappa shape index (κ1) is 14.1. The van der Waals surface area contributed by atoms with Crippen LogP contribution >= 0.6 is 0 Å². The fraction of sp³-hybridized carbons (Fsp3) is 0.583. The van der Waals surface area contributed by atoms with Gasteiger partial charge in [-0.3, -0.25) is 4.79 Å². The molecule has 106 valence electrons. The number of aliphatic carboxylic acids is 1. The van der Waals surface area contributed by atoms with Crippen LogP contribution in [0.4, 0.5) is 0 Å². The molecule has 1 aromatic heterocycles. The lowest BCUT2D eigenvalue weighted by Crippen LogP contribution is -2.43. The summed E-state index contributed by atoms with van der Waals surface area (Å²) in [5.74, 6) is -0.885. The van der Waals surface area contributed by atoms with Crippen molar-refractivity contribution in [2.45, 2.75) is 43.0 Å². The highest BCUT2D eigenvalue weighted by atomic mass is 32.2. The zero-order valence-corrected chi connectivity index (χ0v) is 11.4. The number of carboxylic acids is 1. The molecule has 1 saturated heterocycles. The van der Waals surface area contributed by atoms with E-state index < -0.39 is 16.0 Å². The Labute approximate surface area is 112 Å². The van der Waals surface area contributed by atoms with E-state index in [1.807, 2.05) is 0 Å². The molecule has 0 saturated carbocycles. The maximum absolute atomic E-state index is 12.5. The topological polar surface area (TPSA) is 90.5 Å². The van der Waals surface area contributed by atoms with Crippen molar-refractivity contribution in [2.75, 3.05) is 6.54 Å². The lowest BCUT2D eigenvalue weighted by molar-refractivity contribution is -0.137. The van der Waals surface area contributed by atoms with Crippen molar-refractivity contribution in [3.8, 4) is 0 Å². The van der Waals surface area contributed by atoms with Crippen LogP contribution in [0, 0.1) is 0 Å².